The highest BCUT2D eigenvalue weighted by atomic mass is 35.5. The van der Waals surface area contributed by atoms with Crippen LogP contribution in [0.15, 0.2) is 29.4 Å². The maximum Gasteiger partial charge on any atom is 0.414 e. The zero-order valence-corrected chi connectivity index (χ0v) is 10.2. The summed E-state index contributed by atoms with van der Waals surface area (Å²) < 4.78 is 5.09. The van der Waals surface area contributed by atoms with Crippen molar-refractivity contribution in [1.29, 1.82) is 0 Å². The third-order valence-corrected chi connectivity index (χ3v) is 2.91. The molecule has 94 valence electrons. The Hall–Kier alpha value is -1.91. The second-order valence-electron chi connectivity index (χ2n) is 3.83. The molecule has 0 aromatic heterocycles. The number of halogens is 1. The van der Waals surface area contributed by atoms with Crippen LogP contribution in [-0.2, 0) is 10.6 Å². The average Bonchev–Trinajstić information content (AvgIpc) is 2.77. The fourth-order valence-corrected chi connectivity index (χ4v) is 1.93. The van der Waals surface area contributed by atoms with Gasteiger partial charge in [0.1, 0.15) is 6.10 Å². The van der Waals surface area contributed by atoms with Gasteiger partial charge in [0.25, 0.3) is 0 Å². The van der Waals surface area contributed by atoms with E-state index in [-0.39, 0.29) is 6.54 Å². The fourth-order valence-electron chi connectivity index (χ4n) is 1.76. The molecule has 1 aliphatic rings. The number of ether oxygens (including phenoxy) is 1. The third-order valence-electron chi connectivity index (χ3n) is 2.60. The Bertz CT molecular complexity index is 502. The minimum absolute atomic E-state index is 0.147. The van der Waals surface area contributed by atoms with Crippen molar-refractivity contribution < 1.29 is 9.53 Å². The highest BCUT2D eigenvalue weighted by molar-refractivity contribution is 6.17. The van der Waals surface area contributed by atoms with Crippen LogP contribution in [0.3, 0.4) is 0 Å². The van der Waals surface area contributed by atoms with Gasteiger partial charge in [-0.1, -0.05) is 17.2 Å². The zero-order valence-electron chi connectivity index (χ0n) is 9.49. The molecule has 1 aromatic carbocycles. The Morgan fingerprint density at radius 1 is 1.61 bits per heavy atom. The van der Waals surface area contributed by atoms with Crippen molar-refractivity contribution in [2.75, 3.05) is 18.0 Å². The van der Waals surface area contributed by atoms with E-state index in [1.54, 1.807) is 0 Å². The van der Waals surface area contributed by atoms with Gasteiger partial charge >= 0.3 is 6.09 Å². The summed E-state index contributed by atoms with van der Waals surface area (Å²) in [6, 6.07) is 7.37. The Morgan fingerprint density at radius 3 is 3.17 bits per heavy atom. The van der Waals surface area contributed by atoms with Crippen molar-refractivity contribution in [2.24, 2.45) is 5.11 Å². The van der Waals surface area contributed by atoms with E-state index in [4.69, 9.17) is 21.9 Å². The number of benzene rings is 1. The summed E-state index contributed by atoms with van der Waals surface area (Å²) in [4.78, 5) is 15.8. The molecule has 0 radical (unpaired) electrons. The molecule has 0 unspecified atom stereocenters. The van der Waals surface area contributed by atoms with E-state index in [9.17, 15) is 4.79 Å². The number of azide groups is 1. The summed E-state index contributed by atoms with van der Waals surface area (Å²) >= 11 is 5.75. The fraction of sp³-hybridized carbons (Fsp3) is 0.364. The average molecular weight is 267 g/mol. The second kappa shape index (κ2) is 5.62. The normalized spacial score (nSPS) is 18.4. The van der Waals surface area contributed by atoms with E-state index in [2.05, 4.69) is 10.0 Å². The Morgan fingerprint density at radius 2 is 2.44 bits per heavy atom. The first-order chi connectivity index (χ1) is 8.74. The highest BCUT2D eigenvalue weighted by Crippen LogP contribution is 2.23. The molecule has 0 N–H and O–H groups in total. The second-order valence-corrected chi connectivity index (χ2v) is 4.10. The number of alkyl halides is 1. The number of hydrogen-bond donors (Lipinski definition) is 0. The summed E-state index contributed by atoms with van der Waals surface area (Å²) in [5.74, 6) is 0.388. The smallest absolute Gasteiger partial charge is 0.414 e. The lowest BCUT2D eigenvalue weighted by atomic mass is 10.2. The van der Waals surface area contributed by atoms with Gasteiger partial charge in [-0.15, -0.1) is 11.6 Å². The van der Waals surface area contributed by atoms with Gasteiger partial charge in [0.15, 0.2) is 0 Å². The van der Waals surface area contributed by atoms with E-state index in [1.165, 1.54) is 4.90 Å². The van der Waals surface area contributed by atoms with Crippen LogP contribution in [0.1, 0.15) is 5.56 Å². The van der Waals surface area contributed by atoms with Crippen LogP contribution < -0.4 is 4.90 Å². The minimum atomic E-state index is -0.431. The van der Waals surface area contributed by atoms with Crippen molar-refractivity contribution in [1.82, 2.24) is 0 Å². The highest BCUT2D eigenvalue weighted by Gasteiger charge is 2.31. The molecular formula is C11H11ClN4O2. The largest absolute Gasteiger partial charge is 0.444 e. The van der Waals surface area contributed by atoms with E-state index in [0.29, 0.717) is 12.4 Å². The topological polar surface area (TPSA) is 78.3 Å². The van der Waals surface area contributed by atoms with Gasteiger partial charge in [-0.05, 0) is 23.2 Å². The summed E-state index contributed by atoms with van der Waals surface area (Å²) in [5, 5.41) is 3.41. The molecule has 1 aromatic rings. The standard InChI is InChI=1S/C11H11ClN4O2/c12-5-8-2-1-3-9(4-8)16-7-10(6-14-15-13)18-11(16)17/h1-4,10H,5-7H2/t10-/m0/s1. The molecule has 2 rings (SSSR count). The lowest BCUT2D eigenvalue weighted by Crippen LogP contribution is -2.25. The lowest BCUT2D eigenvalue weighted by molar-refractivity contribution is 0.145. The van der Waals surface area contributed by atoms with E-state index < -0.39 is 12.2 Å². The predicted molar refractivity (Wildman–Crippen MR) is 67.6 cm³/mol. The van der Waals surface area contributed by atoms with Crippen molar-refractivity contribution in [3.05, 3.63) is 40.3 Å². The van der Waals surface area contributed by atoms with E-state index >= 15 is 0 Å². The van der Waals surface area contributed by atoms with Crippen LogP contribution in [0, 0.1) is 0 Å². The molecule has 1 amide bonds. The first kappa shape index (κ1) is 12.5. The molecule has 1 fully saturated rings. The van der Waals surface area contributed by atoms with Crippen LogP contribution in [0.2, 0.25) is 0 Å². The van der Waals surface area contributed by atoms with Gasteiger partial charge in [-0.25, -0.2) is 4.79 Å². The number of cyclic esters (lactones) is 1. The minimum Gasteiger partial charge on any atom is -0.444 e. The van der Waals surface area contributed by atoms with Crippen LogP contribution >= 0.6 is 11.6 Å². The predicted octanol–water partition coefficient (Wildman–Crippen LogP) is 3.06. The Kier molecular flexibility index (Phi) is 3.92. The van der Waals surface area contributed by atoms with Gasteiger partial charge in [0, 0.05) is 16.5 Å². The lowest BCUT2D eigenvalue weighted by Gasteiger charge is -2.13. The van der Waals surface area contributed by atoms with Gasteiger partial charge < -0.3 is 4.74 Å². The molecule has 7 heteroatoms. The molecule has 0 spiro atoms. The van der Waals surface area contributed by atoms with Crippen LogP contribution in [-0.4, -0.2) is 25.3 Å². The van der Waals surface area contributed by atoms with E-state index in [1.807, 2.05) is 24.3 Å². The van der Waals surface area contributed by atoms with Gasteiger partial charge in [-0.2, -0.15) is 0 Å². The number of rotatable bonds is 4. The summed E-state index contributed by atoms with van der Waals surface area (Å²) in [5.41, 5.74) is 9.90. The monoisotopic (exact) mass is 266 g/mol. The van der Waals surface area contributed by atoms with Crippen LogP contribution in [0.4, 0.5) is 10.5 Å². The SMILES string of the molecule is [N-]=[N+]=NC[C@H]1CN(c2cccc(CCl)c2)C(=O)O1. The number of anilines is 1. The van der Waals surface area contributed by atoms with Crippen LogP contribution in [0.5, 0.6) is 0 Å². The maximum atomic E-state index is 11.7. The molecule has 18 heavy (non-hydrogen) atoms. The maximum absolute atomic E-state index is 11.7. The quantitative estimate of drug-likeness (QED) is 0.363. The Balaban J connectivity index is 2.13. The first-order valence-corrected chi connectivity index (χ1v) is 5.92. The number of carbonyl (C=O) groups excluding carboxylic acids is 1. The third kappa shape index (κ3) is 2.67. The number of carbonyl (C=O) groups is 1. The number of nitrogens with zero attached hydrogens (tertiary/aromatic N) is 4. The van der Waals surface area contributed by atoms with Crippen molar-refractivity contribution in [3.8, 4) is 0 Å². The van der Waals surface area contributed by atoms with Gasteiger partial charge in [-0.3, -0.25) is 4.90 Å². The Labute approximate surface area is 109 Å². The van der Waals surface area contributed by atoms with Crippen LogP contribution in [0.25, 0.3) is 10.4 Å². The van der Waals surface area contributed by atoms with Crippen molar-refractivity contribution in [3.63, 3.8) is 0 Å². The first-order valence-electron chi connectivity index (χ1n) is 5.38. The molecule has 1 aliphatic heterocycles. The molecule has 0 saturated carbocycles. The van der Waals surface area contributed by atoms with Gasteiger partial charge in [0.05, 0.1) is 13.1 Å². The molecular weight excluding hydrogens is 256 g/mol. The number of hydrogen-bond acceptors (Lipinski definition) is 3. The summed E-state index contributed by atoms with van der Waals surface area (Å²) in [6.45, 7) is 0.525. The van der Waals surface area contributed by atoms with Crippen molar-refractivity contribution in [2.45, 2.75) is 12.0 Å². The molecule has 1 saturated heterocycles. The molecule has 0 bridgehead atoms. The summed E-state index contributed by atoms with van der Waals surface area (Å²) in [7, 11) is 0. The van der Waals surface area contributed by atoms with E-state index in [0.717, 1.165) is 11.3 Å². The number of amides is 1. The molecule has 1 heterocycles. The van der Waals surface area contributed by atoms with Crippen molar-refractivity contribution >= 4 is 23.4 Å². The molecule has 6 nitrogen and oxygen atoms in total. The molecule has 0 aliphatic carbocycles. The molecule has 1 atom stereocenters. The zero-order chi connectivity index (χ0) is 13.0. The summed E-state index contributed by atoms with van der Waals surface area (Å²) in [6.07, 6.45) is -0.826. The van der Waals surface area contributed by atoms with Gasteiger partial charge in [0.2, 0.25) is 0 Å².